The molecule has 0 spiro atoms. The van der Waals surface area contributed by atoms with E-state index in [9.17, 15) is 9.59 Å². The predicted octanol–water partition coefficient (Wildman–Crippen LogP) is 3.13. The van der Waals surface area contributed by atoms with Crippen LogP contribution < -0.4 is 16.0 Å². The maximum Gasteiger partial charge on any atom is 0.319 e. The van der Waals surface area contributed by atoms with Gasteiger partial charge in [-0.15, -0.1) is 0 Å². The molecule has 2 unspecified atom stereocenters. The normalized spacial score (nSPS) is 17.5. The van der Waals surface area contributed by atoms with Crippen LogP contribution in [-0.2, 0) is 14.3 Å². The highest BCUT2D eigenvalue weighted by Gasteiger charge is 2.16. The van der Waals surface area contributed by atoms with Crippen LogP contribution >= 0.6 is 0 Å². The van der Waals surface area contributed by atoms with Gasteiger partial charge in [-0.25, -0.2) is 4.79 Å². The SMILES string of the molecule is CCCCOC(C)C(=O)Nc1ccc(NC(=O)NCC2CCCO2)cc1. The lowest BCUT2D eigenvalue weighted by molar-refractivity contribution is -0.126. The highest BCUT2D eigenvalue weighted by atomic mass is 16.5. The summed E-state index contributed by atoms with van der Waals surface area (Å²) in [6.07, 6.45) is 3.61. The van der Waals surface area contributed by atoms with Gasteiger partial charge in [0, 0.05) is 31.1 Å². The van der Waals surface area contributed by atoms with E-state index in [0.29, 0.717) is 24.5 Å². The lowest BCUT2D eigenvalue weighted by Gasteiger charge is -2.14. The topological polar surface area (TPSA) is 88.7 Å². The number of benzene rings is 1. The standard InChI is InChI=1S/C19H29N3O4/c1-3-4-11-25-14(2)18(23)21-15-7-9-16(10-8-15)22-19(24)20-13-17-6-5-12-26-17/h7-10,14,17H,3-6,11-13H2,1-2H3,(H,21,23)(H2,20,22,24). The maximum atomic E-state index is 12.1. The Hall–Kier alpha value is -2.12. The summed E-state index contributed by atoms with van der Waals surface area (Å²) in [6.45, 7) is 5.67. The molecule has 144 valence electrons. The van der Waals surface area contributed by atoms with Crippen molar-refractivity contribution < 1.29 is 19.1 Å². The van der Waals surface area contributed by atoms with Crippen molar-refractivity contribution in [2.24, 2.45) is 0 Å². The minimum Gasteiger partial charge on any atom is -0.376 e. The molecule has 1 aliphatic rings. The molecule has 0 aliphatic carbocycles. The minimum atomic E-state index is -0.497. The minimum absolute atomic E-state index is 0.111. The van der Waals surface area contributed by atoms with E-state index in [1.54, 1.807) is 31.2 Å². The van der Waals surface area contributed by atoms with Crippen LogP contribution in [0.4, 0.5) is 16.2 Å². The second-order valence-corrected chi connectivity index (χ2v) is 6.40. The van der Waals surface area contributed by atoms with Gasteiger partial charge in [0.25, 0.3) is 5.91 Å². The van der Waals surface area contributed by atoms with Crippen LogP contribution in [0.25, 0.3) is 0 Å². The molecule has 2 rings (SSSR count). The largest absolute Gasteiger partial charge is 0.376 e. The van der Waals surface area contributed by atoms with Crippen molar-refractivity contribution >= 4 is 23.3 Å². The van der Waals surface area contributed by atoms with Gasteiger partial charge < -0.3 is 25.4 Å². The molecule has 0 saturated carbocycles. The van der Waals surface area contributed by atoms with E-state index in [1.807, 2.05) is 0 Å². The Morgan fingerprint density at radius 3 is 2.54 bits per heavy atom. The van der Waals surface area contributed by atoms with Crippen LogP contribution in [-0.4, -0.2) is 43.9 Å². The maximum absolute atomic E-state index is 12.1. The van der Waals surface area contributed by atoms with Gasteiger partial charge in [-0.3, -0.25) is 4.79 Å². The number of ether oxygens (including phenoxy) is 2. The number of carbonyl (C=O) groups is 2. The van der Waals surface area contributed by atoms with Crippen molar-refractivity contribution in [2.45, 2.75) is 51.7 Å². The fourth-order valence-corrected chi connectivity index (χ4v) is 2.55. The van der Waals surface area contributed by atoms with Gasteiger partial charge in [0.15, 0.2) is 0 Å². The van der Waals surface area contributed by atoms with E-state index < -0.39 is 6.10 Å². The van der Waals surface area contributed by atoms with Crippen LogP contribution in [0.2, 0.25) is 0 Å². The number of nitrogens with one attached hydrogen (secondary N) is 3. The molecule has 0 radical (unpaired) electrons. The summed E-state index contributed by atoms with van der Waals surface area (Å²) in [5, 5.41) is 8.36. The van der Waals surface area contributed by atoms with Crippen molar-refractivity contribution in [3.63, 3.8) is 0 Å². The number of anilines is 2. The summed E-state index contributed by atoms with van der Waals surface area (Å²) in [7, 11) is 0. The third-order valence-electron chi connectivity index (χ3n) is 4.16. The third-order valence-corrected chi connectivity index (χ3v) is 4.16. The van der Waals surface area contributed by atoms with Crippen LogP contribution in [0, 0.1) is 0 Å². The first kappa shape index (κ1) is 20.2. The Balaban J connectivity index is 1.72. The molecule has 3 N–H and O–H groups in total. The van der Waals surface area contributed by atoms with Gasteiger partial charge >= 0.3 is 6.03 Å². The molecule has 7 heteroatoms. The van der Waals surface area contributed by atoms with Crippen LogP contribution in [0.1, 0.15) is 39.5 Å². The number of hydrogen-bond acceptors (Lipinski definition) is 4. The zero-order chi connectivity index (χ0) is 18.8. The van der Waals surface area contributed by atoms with Crippen LogP contribution in [0.3, 0.4) is 0 Å². The third kappa shape index (κ3) is 7.01. The highest BCUT2D eigenvalue weighted by Crippen LogP contribution is 2.14. The lowest BCUT2D eigenvalue weighted by Crippen LogP contribution is -2.35. The van der Waals surface area contributed by atoms with Gasteiger partial charge in [-0.1, -0.05) is 13.3 Å². The van der Waals surface area contributed by atoms with E-state index in [1.165, 1.54) is 0 Å². The molecule has 1 heterocycles. The Bertz CT molecular complexity index is 571. The Labute approximate surface area is 154 Å². The average molecular weight is 363 g/mol. The number of urea groups is 1. The number of carbonyl (C=O) groups excluding carboxylic acids is 2. The molecule has 7 nitrogen and oxygen atoms in total. The second kappa shape index (κ2) is 10.8. The smallest absolute Gasteiger partial charge is 0.319 e. The van der Waals surface area contributed by atoms with E-state index in [4.69, 9.17) is 9.47 Å². The van der Waals surface area contributed by atoms with Crippen molar-refractivity contribution in [3.05, 3.63) is 24.3 Å². The van der Waals surface area contributed by atoms with Gasteiger partial charge in [0.05, 0.1) is 6.10 Å². The van der Waals surface area contributed by atoms with Gasteiger partial charge in [0.1, 0.15) is 6.10 Å². The summed E-state index contributed by atoms with van der Waals surface area (Å²) in [6, 6.07) is 6.70. The number of hydrogen-bond donors (Lipinski definition) is 3. The summed E-state index contributed by atoms with van der Waals surface area (Å²) in [4.78, 5) is 23.9. The summed E-state index contributed by atoms with van der Waals surface area (Å²) < 4.78 is 10.9. The number of rotatable bonds is 9. The van der Waals surface area contributed by atoms with E-state index in [-0.39, 0.29) is 18.0 Å². The van der Waals surface area contributed by atoms with Crippen LogP contribution in [0.5, 0.6) is 0 Å². The number of amides is 3. The van der Waals surface area contributed by atoms with E-state index >= 15 is 0 Å². The molecular formula is C19H29N3O4. The second-order valence-electron chi connectivity index (χ2n) is 6.40. The molecule has 2 atom stereocenters. The summed E-state index contributed by atoms with van der Waals surface area (Å²) in [5.74, 6) is -0.184. The number of unbranched alkanes of at least 4 members (excludes halogenated alkanes) is 1. The molecule has 3 amide bonds. The molecule has 1 aliphatic heterocycles. The Morgan fingerprint density at radius 2 is 1.92 bits per heavy atom. The van der Waals surface area contributed by atoms with Crippen molar-refractivity contribution in [1.29, 1.82) is 0 Å². The first-order chi connectivity index (χ1) is 12.6. The van der Waals surface area contributed by atoms with Crippen LogP contribution in [0.15, 0.2) is 24.3 Å². The molecule has 0 bridgehead atoms. The van der Waals surface area contributed by atoms with E-state index in [0.717, 1.165) is 32.3 Å². The van der Waals surface area contributed by atoms with Gasteiger partial charge in [-0.05, 0) is 50.5 Å². The monoisotopic (exact) mass is 363 g/mol. The van der Waals surface area contributed by atoms with Crippen molar-refractivity contribution in [1.82, 2.24) is 5.32 Å². The fraction of sp³-hybridized carbons (Fsp3) is 0.579. The molecule has 1 saturated heterocycles. The van der Waals surface area contributed by atoms with E-state index in [2.05, 4.69) is 22.9 Å². The first-order valence-corrected chi connectivity index (χ1v) is 9.27. The predicted molar refractivity (Wildman–Crippen MR) is 101 cm³/mol. The zero-order valence-corrected chi connectivity index (χ0v) is 15.5. The summed E-state index contributed by atoms with van der Waals surface area (Å²) in [5.41, 5.74) is 1.31. The lowest BCUT2D eigenvalue weighted by atomic mass is 10.2. The molecule has 26 heavy (non-hydrogen) atoms. The molecule has 0 aromatic heterocycles. The molecule has 1 aromatic carbocycles. The van der Waals surface area contributed by atoms with Crippen molar-refractivity contribution in [2.75, 3.05) is 30.4 Å². The van der Waals surface area contributed by atoms with Gasteiger partial charge in [-0.2, -0.15) is 0 Å². The Morgan fingerprint density at radius 1 is 1.23 bits per heavy atom. The Kier molecular flexibility index (Phi) is 8.37. The average Bonchev–Trinajstić information content (AvgIpc) is 3.15. The quantitative estimate of drug-likeness (QED) is 0.588. The van der Waals surface area contributed by atoms with Crippen molar-refractivity contribution in [3.8, 4) is 0 Å². The summed E-state index contributed by atoms with van der Waals surface area (Å²) >= 11 is 0. The fourth-order valence-electron chi connectivity index (χ4n) is 2.55. The zero-order valence-electron chi connectivity index (χ0n) is 15.5. The van der Waals surface area contributed by atoms with Gasteiger partial charge in [0.2, 0.25) is 0 Å². The molecule has 1 fully saturated rings. The molecule has 1 aromatic rings. The highest BCUT2D eigenvalue weighted by molar-refractivity contribution is 5.94. The first-order valence-electron chi connectivity index (χ1n) is 9.27. The molecular weight excluding hydrogens is 334 g/mol.